The summed E-state index contributed by atoms with van der Waals surface area (Å²) >= 11 is 0. The normalized spacial score (nSPS) is 11.1. The summed E-state index contributed by atoms with van der Waals surface area (Å²) in [7, 11) is -3.08. The molecule has 0 saturated heterocycles. The van der Waals surface area contributed by atoms with Gasteiger partial charge in [-0.1, -0.05) is 6.07 Å². The molecular formula is C14H11F2NO5S. The van der Waals surface area contributed by atoms with Crippen molar-refractivity contribution in [3.63, 3.8) is 0 Å². The number of ether oxygens (including phenoxy) is 1. The number of aromatic carboxylic acids is 1. The number of rotatable bonds is 5. The molecule has 0 radical (unpaired) electrons. The number of carboxylic acids is 1. The minimum Gasteiger partial charge on any atom is -0.496 e. The van der Waals surface area contributed by atoms with Crippen molar-refractivity contribution < 1.29 is 31.8 Å². The first-order valence-electron chi connectivity index (χ1n) is 6.14. The molecule has 0 heterocycles. The first-order valence-corrected chi connectivity index (χ1v) is 7.62. The molecule has 0 aliphatic rings. The van der Waals surface area contributed by atoms with Crippen LogP contribution in [0.3, 0.4) is 0 Å². The third-order valence-corrected chi connectivity index (χ3v) is 4.27. The van der Waals surface area contributed by atoms with E-state index in [9.17, 15) is 22.0 Å². The number of hydrogen-bond acceptors (Lipinski definition) is 4. The maximum atomic E-state index is 13.6. The van der Waals surface area contributed by atoms with Gasteiger partial charge in [-0.05, 0) is 30.3 Å². The Hall–Kier alpha value is -2.68. The van der Waals surface area contributed by atoms with Gasteiger partial charge in [0.15, 0.2) is 11.6 Å². The molecule has 0 unspecified atom stereocenters. The third-order valence-electron chi connectivity index (χ3n) is 2.91. The second-order valence-corrected chi connectivity index (χ2v) is 6.06. The van der Waals surface area contributed by atoms with E-state index in [1.165, 1.54) is 7.11 Å². The van der Waals surface area contributed by atoms with Crippen molar-refractivity contribution in [2.45, 2.75) is 4.90 Å². The van der Waals surface area contributed by atoms with Gasteiger partial charge >= 0.3 is 5.97 Å². The maximum absolute atomic E-state index is 13.6. The van der Waals surface area contributed by atoms with Gasteiger partial charge in [-0.2, -0.15) is 0 Å². The highest BCUT2D eigenvalue weighted by Crippen LogP contribution is 2.25. The molecule has 2 aromatic carbocycles. The van der Waals surface area contributed by atoms with E-state index in [0.717, 1.165) is 36.4 Å². The van der Waals surface area contributed by atoms with Crippen LogP contribution < -0.4 is 9.46 Å². The van der Waals surface area contributed by atoms with Gasteiger partial charge in [-0.25, -0.2) is 22.0 Å². The molecule has 0 aliphatic carbocycles. The SMILES string of the molecule is COc1ccc(S(=O)(=O)Nc2cccc(F)c2F)cc1C(=O)O. The Labute approximate surface area is 130 Å². The zero-order valence-corrected chi connectivity index (χ0v) is 12.5. The number of halogens is 2. The van der Waals surface area contributed by atoms with Gasteiger partial charge in [0, 0.05) is 0 Å². The molecule has 122 valence electrons. The monoisotopic (exact) mass is 343 g/mol. The van der Waals surface area contributed by atoms with Crippen LogP contribution >= 0.6 is 0 Å². The molecule has 2 N–H and O–H groups in total. The molecule has 23 heavy (non-hydrogen) atoms. The van der Waals surface area contributed by atoms with Crippen LogP contribution in [0.15, 0.2) is 41.3 Å². The van der Waals surface area contributed by atoms with Crippen LogP contribution in [0, 0.1) is 11.6 Å². The summed E-state index contributed by atoms with van der Waals surface area (Å²) in [6.07, 6.45) is 0. The number of methoxy groups -OCH3 is 1. The van der Waals surface area contributed by atoms with E-state index in [4.69, 9.17) is 9.84 Å². The van der Waals surface area contributed by atoms with Crippen LogP contribution in [-0.2, 0) is 10.0 Å². The Kier molecular flexibility index (Phi) is 4.50. The summed E-state index contributed by atoms with van der Waals surface area (Å²) in [4.78, 5) is 10.7. The average Bonchev–Trinajstić information content (AvgIpc) is 2.51. The van der Waals surface area contributed by atoms with Gasteiger partial charge in [0.1, 0.15) is 11.3 Å². The topological polar surface area (TPSA) is 92.7 Å². The van der Waals surface area contributed by atoms with Crippen molar-refractivity contribution in [3.8, 4) is 5.75 Å². The minimum absolute atomic E-state index is 0.0339. The standard InChI is InChI=1S/C14H11F2NO5S/c1-22-12-6-5-8(7-9(12)14(18)19)23(20,21)17-11-4-2-3-10(15)13(11)16/h2-7,17H,1H3,(H,18,19). The molecule has 2 rings (SSSR count). The van der Waals surface area contributed by atoms with Gasteiger partial charge in [0.2, 0.25) is 0 Å². The first-order chi connectivity index (χ1) is 10.8. The Morgan fingerprint density at radius 2 is 1.91 bits per heavy atom. The Morgan fingerprint density at radius 3 is 2.52 bits per heavy atom. The predicted octanol–water partition coefficient (Wildman–Crippen LogP) is 2.47. The number of benzene rings is 2. The van der Waals surface area contributed by atoms with Crippen LogP contribution in [0.25, 0.3) is 0 Å². The van der Waals surface area contributed by atoms with Gasteiger partial charge in [0.05, 0.1) is 17.7 Å². The van der Waals surface area contributed by atoms with E-state index in [-0.39, 0.29) is 11.3 Å². The van der Waals surface area contributed by atoms with Crippen LogP contribution in [0.2, 0.25) is 0 Å². The molecule has 0 atom stereocenters. The zero-order chi connectivity index (χ0) is 17.2. The molecule has 0 saturated carbocycles. The Balaban J connectivity index is 2.46. The summed E-state index contributed by atoms with van der Waals surface area (Å²) in [6.45, 7) is 0. The van der Waals surface area contributed by atoms with E-state index in [2.05, 4.69) is 0 Å². The Morgan fingerprint density at radius 1 is 1.22 bits per heavy atom. The molecule has 2 aromatic rings. The number of anilines is 1. The number of carboxylic acid groups (broad SMARTS) is 1. The second kappa shape index (κ2) is 6.21. The number of sulfonamides is 1. The van der Waals surface area contributed by atoms with E-state index in [1.807, 2.05) is 4.72 Å². The van der Waals surface area contributed by atoms with Crippen LogP contribution in [0.1, 0.15) is 10.4 Å². The molecule has 0 aromatic heterocycles. The summed E-state index contributed by atoms with van der Waals surface area (Å²) < 4.78 is 57.8. The van der Waals surface area contributed by atoms with Crippen molar-refractivity contribution in [2.75, 3.05) is 11.8 Å². The van der Waals surface area contributed by atoms with Crippen molar-refractivity contribution in [1.29, 1.82) is 0 Å². The minimum atomic E-state index is -4.31. The lowest BCUT2D eigenvalue weighted by Gasteiger charge is -2.11. The fourth-order valence-electron chi connectivity index (χ4n) is 1.81. The van der Waals surface area contributed by atoms with E-state index in [0.29, 0.717) is 0 Å². The molecule has 6 nitrogen and oxygen atoms in total. The first kappa shape index (κ1) is 16.7. The predicted molar refractivity (Wildman–Crippen MR) is 77.1 cm³/mol. The number of hydrogen-bond donors (Lipinski definition) is 2. The zero-order valence-electron chi connectivity index (χ0n) is 11.7. The van der Waals surface area contributed by atoms with E-state index in [1.54, 1.807) is 0 Å². The van der Waals surface area contributed by atoms with E-state index >= 15 is 0 Å². The highest BCUT2D eigenvalue weighted by atomic mass is 32.2. The van der Waals surface area contributed by atoms with Crippen LogP contribution in [0.5, 0.6) is 5.75 Å². The van der Waals surface area contributed by atoms with Gasteiger partial charge < -0.3 is 9.84 Å². The summed E-state index contributed by atoms with van der Waals surface area (Å²) in [5.41, 5.74) is -0.965. The summed E-state index contributed by atoms with van der Waals surface area (Å²) in [5, 5.41) is 9.05. The Bertz CT molecular complexity index is 867. The molecule has 0 aliphatic heterocycles. The van der Waals surface area contributed by atoms with Crippen molar-refractivity contribution in [3.05, 3.63) is 53.6 Å². The van der Waals surface area contributed by atoms with Gasteiger partial charge in [-0.15, -0.1) is 0 Å². The third kappa shape index (κ3) is 3.39. The fraction of sp³-hybridized carbons (Fsp3) is 0.0714. The summed E-state index contributed by atoms with van der Waals surface area (Å²) in [6, 6.07) is 6.11. The average molecular weight is 343 g/mol. The maximum Gasteiger partial charge on any atom is 0.339 e. The van der Waals surface area contributed by atoms with Gasteiger partial charge in [-0.3, -0.25) is 4.72 Å². The summed E-state index contributed by atoms with van der Waals surface area (Å²) in [5.74, 6) is -4.00. The van der Waals surface area contributed by atoms with Crippen molar-refractivity contribution in [2.24, 2.45) is 0 Å². The molecular weight excluding hydrogens is 332 g/mol. The lowest BCUT2D eigenvalue weighted by Crippen LogP contribution is -2.15. The quantitative estimate of drug-likeness (QED) is 0.870. The number of nitrogens with one attached hydrogen (secondary N) is 1. The molecule has 0 amide bonds. The van der Waals surface area contributed by atoms with Crippen molar-refractivity contribution >= 4 is 21.7 Å². The second-order valence-electron chi connectivity index (χ2n) is 4.37. The smallest absolute Gasteiger partial charge is 0.339 e. The molecule has 0 spiro atoms. The molecule has 0 bridgehead atoms. The molecule has 0 fully saturated rings. The lowest BCUT2D eigenvalue weighted by atomic mass is 10.2. The van der Waals surface area contributed by atoms with Crippen molar-refractivity contribution in [1.82, 2.24) is 0 Å². The highest BCUT2D eigenvalue weighted by Gasteiger charge is 2.21. The lowest BCUT2D eigenvalue weighted by molar-refractivity contribution is 0.0693. The van der Waals surface area contributed by atoms with Crippen LogP contribution in [0.4, 0.5) is 14.5 Å². The van der Waals surface area contributed by atoms with Gasteiger partial charge in [0.25, 0.3) is 10.0 Å². The highest BCUT2D eigenvalue weighted by molar-refractivity contribution is 7.92. The fourth-order valence-corrected chi connectivity index (χ4v) is 2.89. The van der Waals surface area contributed by atoms with Crippen LogP contribution in [-0.4, -0.2) is 26.6 Å². The number of carbonyl (C=O) groups is 1. The molecule has 9 heteroatoms. The largest absolute Gasteiger partial charge is 0.496 e. The van der Waals surface area contributed by atoms with E-state index < -0.39 is 38.2 Å².